The number of nitrogens with zero attached hydrogens (tertiary/aromatic N) is 1. The molecule has 3 fully saturated rings. The summed E-state index contributed by atoms with van der Waals surface area (Å²) < 4.78 is 0. The molecule has 6 rings (SSSR count). The van der Waals surface area contributed by atoms with E-state index >= 15 is 0 Å². The zero-order valence-electron chi connectivity index (χ0n) is 19.8. The second-order valence-electron chi connectivity index (χ2n) is 11.5. The molecule has 0 radical (unpaired) electrons. The highest BCUT2D eigenvalue weighted by molar-refractivity contribution is 7.13. The van der Waals surface area contributed by atoms with Gasteiger partial charge in [0.2, 0.25) is 0 Å². The summed E-state index contributed by atoms with van der Waals surface area (Å²) in [4.78, 5) is 4.91. The minimum absolute atomic E-state index is 0.127. The summed E-state index contributed by atoms with van der Waals surface area (Å²) in [6.07, 6.45) is 10.4. The van der Waals surface area contributed by atoms with Gasteiger partial charge in [0, 0.05) is 16.5 Å². The van der Waals surface area contributed by atoms with Gasteiger partial charge in [0.1, 0.15) is 5.60 Å². The molecular weight excluding hydrogens is 428 g/mol. The molecule has 0 aliphatic heterocycles. The summed E-state index contributed by atoms with van der Waals surface area (Å²) in [5.41, 5.74) is 2.65. The first-order chi connectivity index (χ1) is 15.8. The van der Waals surface area contributed by atoms with Crippen LogP contribution in [0.2, 0.25) is 0 Å². The number of fused-ring (bicyclic) bond motifs is 5. The molecule has 1 heterocycles. The number of benzene rings is 1. The predicted octanol–water partition coefficient (Wildman–Crippen LogP) is 6.40. The third kappa shape index (κ3) is 3.19. The average molecular weight is 465 g/mol. The summed E-state index contributed by atoms with van der Waals surface area (Å²) in [5.74, 6) is 1.88. The van der Waals surface area contributed by atoms with Gasteiger partial charge in [-0.1, -0.05) is 43.7 Å². The average Bonchev–Trinajstić information content (AvgIpc) is 3.38. The van der Waals surface area contributed by atoms with E-state index in [0.29, 0.717) is 17.8 Å². The fourth-order valence-corrected chi connectivity index (χ4v) is 9.11. The molecule has 5 heteroatoms. The molecule has 1 aromatic carbocycles. The molecule has 3 saturated carbocycles. The third-order valence-corrected chi connectivity index (χ3v) is 11.0. The van der Waals surface area contributed by atoms with Crippen molar-refractivity contribution in [3.63, 3.8) is 0 Å². The second-order valence-corrected chi connectivity index (χ2v) is 12.4. The van der Waals surface area contributed by atoms with Gasteiger partial charge in [-0.3, -0.25) is 0 Å². The Morgan fingerprint density at radius 2 is 1.79 bits per heavy atom. The van der Waals surface area contributed by atoms with E-state index in [-0.39, 0.29) is 16.9 Å². The van der Waals surface area contributed by atoms with Crippen LogP contribution >= 0.6 is 11.3 Å². The normalized spacial score (nSPS) is 42.1. The Morgan fingerprint density at radius 3 is 2.61 bits per heavy atom. The first kappa shape index (κ1) is 21.8. The fraction of sp³-hybridized carbons (Fsp3) is 0.607. The van der Waals surface area contributed by atoms with E-state index < -0.39 is 5.60 Å². The summed E-state index contributed by atoms with van der Waals surface area (Å²) in [5, 5.41) is 28.7. The smallest absolute Gasteiger partial charge is 0.187 e. The highest BCUT2D eigenvalue weighted by Crippen LogP contribution is 2.69. The van der Waals surface area contributed by atoms with E-state index in [9.17, 15) is 10.2 Å². The zero-order chi connectivity index (χ0) is 22.8. The van der Waals surface area contributed by atoms with Crippen LogP contribution in [0.15, 0.2) is 47.4 Å². The van der Waals surface area contributed by atoms with E-state index in [4.69, 9.17) is 4.98 Å². The van der Waals surface area contributed by atoms with Crippen LogP contribution in [0.25, 0.3) is 0 Å². The maximum Gasteiger partial charge on any atom is 0.187 e. The number of rotatable bonds is 3. The molecule has 176 valence electrons. The van der Waals surface area contributed by atoms with Crippen LogP contribution in [-0.4, -0.2) is 21.3 Å². The van der Waals surface area contributed by atoms with Crippen LogP contribution in [0.4, 0.5) is 10.8 Å². The van der Waals surface area contributed by atoms with E-state index in [1.807, 2.05) is 30.3 Å². The van der Waals surface area contributed by atoms with Gasteiger partial charge >= 0.3 is 0 Å². The number of allylic oxidation sites excluding steroid dienone is 1. The van der Waals surface area contributed by atoms with E-state index in [1.165, 1.54) is 18.4 Å². The molecule has 7 atom stereocenters. The Kier molecular flexibility index (Phi) is 5.06. The van der Waals surface area contributed by atoms with Gasteiger partial charge in [0.25, 0.3) is 0 Å². The van der Waals surface area contributed by atoms with Crippen molar-refractivity contribution in [2.45, 2.75) is 76.9 Å². The second kappa shape index (κ2) is 7.66. The Bertz CT molecular complexity index is 1070. The van der Waals surface area contributed by atoms with Crippen LogP contribution in [0, 0.1) is 28.6 Å². The molecule has 4 aliphatic carbocycles. The molecule has 2 aromatic rings. The number of thiazole rings is 1. The number of para-hydroxylation sites is 1. The van der Waals surface area contributed by atoms with Gasteiger partial charge in [-0.2, -0.15) is 0 Å². The first-order valence-electron chi connectivity index (χ1n) is 12.7. The SMILES string of the molecule is CC12CCC(O)C=C1CCC1C2CCC2(C)C1CCC2(O)c1csc(Nc2ccccc2)n1. The molecule has 4 aliphatic rings. The van der Waals surface area contributed by atoms with Gasteiger partial charge in [-0.25, -0.2) is 4.98 Å². The van der Waals surface area contributed by atoms with Crippen LogP contribution in [0.5, 0.6) is 0 Å². The topological polar surface area (TPSA) is 65.4 Å². The summed E-state index contributed by atoms with van der Waals surface area (Å²) in [6.45, 7) is 4.82. The molecule has 0 saturated heterocycles. The summed E-state index contributed by atoms with van der Waals surface area (Å²) in [6, 6.07) is 10.1. The number of anilines is 2. The molecular formula is C28H36N2O2S. The number of hydrogen-bond acceptors (Lipinski definition) is 5. The zero-order valence-corrected chi connectivity index (χ0v) is 20.6. The lowest BCUT2D eigenvalue weighted by Gasteiger charge is -2.59. The quantitative estimate of drug-likeness (QED) is 0.460. The number of aliphatic hydroxyl groups excluding tert-OH is 1. The van der Waals surface area contributed by atoms with Gasteiger partial charge in [0.15, 0.2) is 5.13 Å². The molecule has 4 nitrogen and oxygen atoms in total. The monoisotopic (exact) mass is 464 g/mol. The van der Waals surface area contributed by atoms with E-state index in [1.54, 1.807) is 11.3 Å². The molecule has 33 heavy (non-hydrogen) atoms. The Hall–Kier alpha value is -1.69. The highest BCUT2D eigenvalue weighted by Gasteiger charge is 2.65. The van der Waals surface area contributed by atoms with Gasteiger partial charge in [0.05, 0.1) is 11.8 Å². The van der Waals surface area contributed by atoms with E-state index in [2.05, 4.69) is 30.6 Å². The lowest BCUT2D eigenvalue weighted by Crippen LogP contribution is -2.54. The Balaban J connectivity index is 1.27. The molecule has 1 aromatic heterocycles. The van der Waals surface area contributed by atoms with Crippen LogP contribution in [0.3, 0.4) is 0 Å². The molecule has 7 unspecified atom stereocenters. The van der Waals surface area contributed by atoms with Crippen molar-refractivity contribution in [3.05, 3.63) is 53.1 Å². The van der Waals surface area contributed by atoms with Crippen molar-refractivity contribution in [1.82, 2.24) is 4.98 Å². The number of aliphatic hydroxyl groups is 2. The van der Waals surface area contributed by atoms with Gasteiger partial charge in [-0.05, 0) is 86.7 Å². The van der Waals surface area contributed by atoms with Gasteiger partial charge in [-0.15, -0.1) is 11.3 Å². The van der Waals surface area contributed by atoms with Crippen LogP contribution in [-0.2, 0) is 5.60 Å². The molecule has 0 bridgehead atoms. The lowest BCUT2D eigenvalue weighted by atomic mass is 9.46. The summed E-state index contributed by atoms with van der Waals surface area (Å²) >= 11 is 1.59. The maximum atomic E-state index is 12.2. The highest BCUT2D eigenvalue weighted by atomic mass is 32.1. The van der Waals surface area contributed by atoms with Crippen LogP contribution in [0.1, 0.15) is 70.9 Å². The minimum Gasteiger partial charge on any atom is -0.389 e. The summed E-state index contributed by atoms with van der Waals surface area (Å²) in [7, 11) is 0. The largest absolute Gasteiger partial charge is 0.389 e. The van der Waals surface area contributed by atoms with Crippen molar-refractivity contribution in [2.75, 3.05) is 5.32 Å². The standard InChI is InChI=1S/C28H36N2O2S/c1-26-13-10-20(31)16-18(26)8-9-21-22(26)11-14-27(2)23(21)12-15-28(27,32)24-17-33-25(30-24)29-19-6-4-3-5-7-19/h3-7,16-17,20-23,31-32H,8-15H2,1-2H3,(H,29,30). The maximum absolute atomic E-state index is 12.2. The van der Waals surface area contributed by atoms with Crippen molar-refractivity contribution < 1.29 is 10.2 Å². The first-order valence-corrected chi connectivity index (χ1v) is 13.6. The predicted molar refractivity (Wildman–Crippen MR) is 133 cm³/mol. The number of hydrogen-bond donors (Lipinski definition) is 3. The Morgan fingerprint density at radius 1 is 1.00 bits per heavy atom. The van der Waals surface area contributed by atoms with Gasteiger partial charge < -0.3 is 15.5 Å². The minimum atomic E-state index is -0.852. The van der Waals surface area contributed by atoms with Crippen molar-refractivity contribution in [1.29, 1.82) is 0 Å². The molecule has 0 spiro atoms. The molecule has 3 N–H and O–H groups in total. The fourth-order valence-electron chi connectivity index (χ4n) is 8.31. The molecule has 0 amide bonds. The van der Waals surface area contributed by atoms with Crippen molar-refractivity contribution in [2.24, 2.45) is 28.6 Å². The third-order valence-electron chi connectivity index (χ3n) is 10.2. The lowest BCUT2D eigenvalue weighted by molar-refractivity contribution is -0.134. The van der Waals surface area contributed by atoms with Crippen molar-refractivity contribution in [3.8, 4) is 0 Å². The van der Waals surface area contributed by atoms with E-state index in [0.717, 1.165) is 55.0 Å². The number of aromatic nitrogens is 1. The Labute approximate surface area is 201 Å². The number of nitrogens with one attached hydrogen (secondary N) is 1. The van der Waals surface area contributed by atoms with Crippen molar-refractivity contribution >= 4 is 22.2 Å². The van der Waals surface area contributed by atoms with Crippen LogP contribution < -0.4 is 5.32 Å².